The Labute approximate surface area is 116 Å². The van der Waals surface area contributed by atoms with Crippen LogP contribution in [0.15, 0.2) is 39.9 Å². The van der Waals surface area contributed by atoms with Crippen LogP contribution in [0.25, 0.3) is 0 Å². The molecular weight excluding hydrogens is 262 g/mol. The first-order valence-corrected chi connectivity index (χ1v) is 7.63. The maximum Gasteiger partial charge on any atom is 0.123 e. The molecule has 0 aliphatic heterocycles. The molecule has 0 fully saturated rings. The van der Waals surface area contributed by atoms with Crippen LogP contribution < -0.4 is 10.5 Å². The largest absolute Gasteiger partial charge is 0.496 e. The molecule has 0 aliphatic carbocycles. The fourth-order valence-electron chi connectivity index (χ4n) is 1.75. The molecule has 0 radical (unpaired) electrons. The van der Waals surface area contributed by atoms with Gasteiger partial charge in [-0.15, -0.1) is 23.1 Å². The van der Waals surface area contributed by atoms with E-state index in [0.717, 1.165) is 17.1 Å². The smallest absolute Gasteiger partial charge is 0.123 e. The fourth-order valence-corrected chi connectivity index (χ4v) is 3.54. The van der Waals surface area contributed by atoms with Gasteiger partial charge in [0.05, 0.1) is 11.3 Å². The molecule has 0 spiro atoms. The molecule has 1 unspecified atom stereocenters. The molecule has 0 aliphatic rings. The molecular formula is C14H17NOS2. The standard InChI is InChI=1S/C14H17NOS2/c1-10-5-6-13(16-2)11(8-10)12(15)9-18-14-4-3-7-17-14/h3-8,12H,9,15H2,1-2H3. The van der Waals surface area contributed by atoms with Gasteiger partial charge in [0.1, 0.15) is 5.75 Å². The molecule has 2 N–H and O–H groups in total. The molecule has 96 valence electrons. The van der Waals surface area contributed by atoms with Gasteiger partial charge >= 0.3 is 0 Å². The van der Waals surface area contributed by atoms with E-state index in [0.29, 0.717) is 0 Å². The van der Waals surface area contributed by atoms with Crippen molar-refractivity contribution in [3.63, 3.8) is 0 Å². The molecule has 1 aromatic heterocycles. The maximum absolute atomic E-state index is 6.26. The Kier molecular flexibility index (Phi) is 4.69. The molecule has 2 rings (SSSR count). The molecule has 0 saturated heterocycles. The number of benzene rings is 1. The van der Waals surface area contributed by atoms with Crippen molar-refractivity contribution < 1.29 is 4.74 Å². The lowest BCUT2D eigenvalue weighted by Crippen LogP contribution is -2.14. The Morgan fingerprint density at radius 3 is 2.89 bits per heavy atom. The summed E-state index contributed by atoms with van der Waals surface area (Å²) in [4.78, 5) is 0. The average Bonchev–Trinajstić information content (AvgIpc) is 2.89. The van der Waals surface area contributed by atoms with Crippen LogP contribution in [0.4, 0.5) is 0 Å². The second-order valence-corrected chi connectivity index (χ2v) is 6.36. The van der Waals surface area contributed by atoms with Crippen molar-refractivity contribution in [2.24, 2.45) is 5.73 Å². The number of thioether (sulfide) groups is 1. The number of nitrogens with two attached hydrogens (primary N) is 1. The Hall–Kier alpha value is -0.970. The summed E-state index contributed by atoms with van der Waals surface area (Å²) >= 11 is 3.54. The molecule has 2 nitrogen and oxygen atoms in total. The van der Waals surface area contributed by atoms with Crippen molar-refractivity contribution in [1.29, 1.82) is 0 Å². The average molecular weight is 279 g/mol. The van der Waals surface area contributed by atoms with Crippen molar-refractivity contribution in [3.05, 3.63) is 46.8 Å². The van der Waals surface area contributed by atoms with E-state index in [1.165, 1.54) is 9.77 Å². The lowest BCUT2D eigenvalue weighted by molar-refractivity contribution is 0.407. The van der Waals surface area contributed by atoms with E-state index < -0.39 is 0 Å². The highest BCUT2D eigenvalue weighted by molar-refractivity contribution is 8.01. The molecule has 2 aromatic rings. The zero-order valence-corrected chi connectivity index (χ0v) is 12.2. The van der Waals surface area contributed by atoms with E-state index in [-0.39, 0.29) is 6.04 Å². The Morgan fingerprint density at radius 1 is 1.39 bits per heavy atom. The predicted octanol–water partition coefficient (Wildman–Crippen LogP) is 3.86. The quantitative estimate of drug-likeness (QED) is 0.844. The van der Waals surface area contributed by atoms with Crippen LogP contribution in [0, 0.1) is 6.92 Å². The van der Waals surface area contributed by atoms with Crippen LogP contribution in [0.5, 0.6) is 5.75 Å². The van der Waals surface area contributed by atoms with Gasteiger partial charge in [0.25, 0.3) is 0 Å². The SMILES string of the molecule is COc1ccc(C)cc1C(N)CSc1cccs1. The Bertz CT molecular complexity index is 497. The van der Waals surface area contributed by atoms with E-state index in [2.05, 4.69) is 30.5 Å². The van der Waals surface area contributed by atoms with Crippen molar-refractivity contribution in [3.8, 4) is 5.75 Å². The number of hydrogen-bond donors (Lipinski definition) is 1. The van der Waals surface area contributed by atoms with Crippen LogP contribution >= 0.6 is 23.1 Å². The molecule has 0 saturated carbocycles. The first kappa shape index (κ1) is 13.5. The minimum absolute atomic E-state index is 0.00745. The van der Waals surface area contributed by atoms with Gasteiger partial charge in [0.2, 0.25) is 0 Å². The number of rotatable bonds is 5. The first-order valence-electron chi connectivity index (χ1n) is 5.77. The number of aryl methyl sites for hydroxylation is 1. The van der Waals surface area contributed by atoms with E-state index in [4.69, 9.17) is 10.5 Å². The summed E-state index contributed by atoms with van der Waals surface area (Å²) in [7, 11) is 1.69. The third kappa shape index (κ3) is 3.28. The van der Waals surface area contributed by atoms with Crippen LogP contribution in [-0.4, -0.2) is 12.9 Å². The van der Waals surface area contributed by atoms with Gasteiger partial charge < -0.3 is 10.5 Å². The number of methoxy groups -OCH3 is 1. The van der Waals surface area contributed by atoms with E-state index in [1.807, 2.05) is 12.1 Å². The van der Waals surface area contributed by atoms with E-state index >= 15 is 0 Å². The molecule has 18 heavy (non-hydrogen) atoms. The lowest BCUT2D eigenvalue weighted by Gasteiger charge is -2.15. The summed E-state index contributed by atoms with van der Waals surface area (Å²) in [6.07, 6.45) is 0. The molecule has 1 heterocycles. The summed E-state index contributed by atoms with van der Waals surface area (Å²) in [5, 5.41) is 2.08. The molecule has 4 heteroatoms. The van der Waals surface area contributed by atoms with Crippen molar-refractivity contribution in [1.82, 2.24) is 0 Å². The maximum atomic E-state index is 6.26. The fraction of sp³-hybridized carbons (Fsp3) is 0.286. The van der Waals surface area contributed by atoms with Crippen LogP contribution in [0.3, 0.4) is 0 Å². The van der Waals surface area contributed by atoms with Gasteiger partial charge in [-0.25, -0.2) is 0 Å². The lowest BCUT2D eigenvalue weighted by atomic mass is 10.1. The third-order valence-corrected chi connectivity index (χ3v) is 4.94. The number of thiophene rings is 1. The van der Waals surface area contributed by atoms with Gasteiger partial charge in [-0.05, 0) is 24.4 Å². The second-order valence-electron chi connectivity index (χ2n) is 4.09. The predicted molar refractivity (Wildman–Crippen MR) is 79.7 cm³/mol. The van der Waals surface area contributed by atoms with Crippen LogP contribution in [-0.2, 0) is 0 Å². The van der Waals surface area contributed by atoms with Gasteiger partial charge in [-0.2, -0.15) is 0 Å². The normalized spacial score (nSPS) is 12.4. The Balaban J connectivity index is 2.08. The minimum Gasteiger partial charge on any atom is -0.496 e. The van der Waals surface area contributed by atoms with Crippen molar-refractivity contribution in [2.45, 2.75) is 17.2 Å². The van der Waals surface area contributed by atoms with Crippen LogP contribution in [0.2, 0.25) is 0 Å². The summed E-state index contributed by atoms with van der Waals surface area (Å²) in [6.45, 7) is 2.07. The van der Waals surface area contributed by atoms with Crippen LogP contribution in [0.1, 0.15) is 17.2 Å². The highest BCUT2D eigenvalue weighted by Crippen LogP contribution is 2.31. The monoisotopic (exact) mass is 279 g/mol. The highest BCUT2D eigenvalue weighted by atomic mass is 32.2. The topological polar surface area (TPSA) is 35.2 Å². The Morgan fingerprint density at radius 2 is 2.22 bits per heavy atom. The summed E-state index contributed by atoms with van der Waals surface area (Å²) in [5.41, 5.74) is 8.56. The second kappa shape index (κ2) is 6.27. The zero-order chi connectivity index (χ0) is 13.0. The van der Waals surface area contributed by atoms with Gasteiger partial charge in [0.15, 0.2) is 0 Å². The first-order chi connectivity index (χ1) is 8.70. The number of hydrogen-bond acceptors (Lipinski definition) is 4. The summed E-state index contributed by atoms with van der Waals surface area (Å²) in [6, 6.07) is 10.3. The van der Waals surface area contributed by atoms with Gasteiger partial charge in [-0.1, -0.05) is 23.8 Å². The molecule has 1 aromatic carbocycles. The highest BCUT2D eigenvalue weighted by Gasteiger charge is 2.12. The summed E-state index contributed by atoms with van der Waals surface area (Å²) in [5.74, 6) is 1.74. The van der Waals surface area contributed by atoms with Gasteiger partial charge in [0, 0.05) is 17.4 Å². The van der Waals surface area contributed by atoms with Gasteiger partial charge in [-0.3, -0.25) is 0 Å². The summed E-state index contributed by atoms with van der Waals surface area (Å²) < 4.78 is 6.67. The molecule has 1 atom stereocenters. The van der Waals surface area contributed by atoms with Crippen molar-refractivity contribution >= 4 is 23.1 Å². The van der Waals surface area contributed by atoms with Crippen molar-refractivity contribution in [2.75, 3.05) is 12.9 Å². The molecule has 0 bridgehead atoms. The third-order valence-electron chi connectivity index (χ3n) is 2.68. The zero-order valence-electron chi connectivity index (χ0n) is 10.6. The minimum atomic E-state index is -0.00745. The molecule has 0 amide bonds. The number of ether oxygens (including phenoxy) is 1. The van der Waals surface area contributed by atoms with E-state index in [1.54, 1.807) is 30.2 Å². The van der Waals surface area contributed by atoms with E-state index in [9.17, 15) is 0 Å².